The molecule has 2 rings (SSSR count). The van der Waals surface area contributed by atoms with Gasteiger partial charge in [0, 0.05) is 18.6 Å². The fraction of sp³-hybridized carbons (Fsp3) is 1.00. The molecule has 0 amide bonds. The summed E-state index contributed by atoms with van der Waals surface area (Å²) in [4.78, 5) is 0. The maximum absolute atomic E-state index is 6.06. The van der Waals surface area contributed by atoms with Crippen LogP contribution in [0, 0.1) is 17.3 Å². The van der Waals surface area contributed by atoms with Gasteiger partial charge in [-0.3, -0.25) is 0 Å². The lowest BCUT2D eigenvalue weighted by atomic mass is 9.74. The summed E-state index contributed by atoms with van der Waals surface area (Å²) in [6.45, 7) is 6.38. The van der Waals surface area contributed by atoms with Crippen LogP contribution in [0.4, 0.5) is 0 Å². The number of nitrogens with two attached hydrogens (primary N) is 1. The summed E-state index contributed by atoms with van der Waals surface area (Å²) in [7, 11) is 0. The van der Waals surface area contributed by atoms with E-state index in [0.717, 1.165) is 25.0 Å². The van der Waals surface area contributed by atoms with Crippen molar-refractivity contribution in [3.05, 3.63) is 0 Å². The van der Waals surface area contributed by atoms with Crippen LogP contribution in [0.2, 0.25) is 0 Å². The Kier molecular flexibility index (Phi) is 3.91. The molecule has 2 N–H and O–H groups in total. The smallest absolute Gasteiger partial charge is 0.0672 e. The zero-order valence-corrected chi connectivity index (χ0v) is 10.9. The molecule has 0 bridgehead atoms. The minimum absolute atomic E-state index is 0.329. The van der Waals surface area contributed by atoms with Crippen LogP contribution in [0.25, 0.3) is 0 Å². The molecule has 94 valence electrons. The van der Waals surface area contributed by atoms with E-state index in [-0.39, 0.29) is 0 Å². The third-order valence-corrected chi connectivity index (χ3v) is 4.41. The van der Waals surface area contributed by atoms with Gasteiger partial charge in [0.2, 0.25) is 0 Å². The lowest BCUT2D eigenvalue weighted by molar-refractivity contribution is 0.0290. The van der Waals surface area contributed by atoms with Crippen LogP contribution in [0.5, 0.6) is 0 Å². The Morgan fingerprint density at radius 2 is 2.12 bits per heavy atom. The Labute approximate surface area is 99.9 Å². The number of hydrogen-bond acceptors (Lipinski definition) is 2. The van der Waals surface area contributed by atoms with Crippen molar-refractivity contribution in [1.82, 2.24) is 0 Å². The summed E-state index contributed by atoms with van der Waals surface area (Å²) in [5.74, 6) is 1.65. The Morgan fingerprint density at radius 3 is 2.69 bits per heavy atom. The van der Waals surface area contributed by atoms with Crippen LogP contribution < -0.4 is 5.73 Å². The average molecular weight is 225 g/mol. The Bertz CT molecular complexity index is 225. The molecule has 1 aliphatic heterocycles. The number of hydrogen-bond donors (Lipinski definition) is 1. The van der Waals surface area contributed by atoms with Gasteiger partial charge in [-0.05, 0) is 37.5 Å². The molecule has 2 nitrogen and oxygen atoms in total. The maximum atomic E-state index is 6.06. The maximum Gasteiger partial charge on any atom is 0.0672 e. The molecular weight excluding hydrogens is 198 g/mol. The van der Waals surface area contributed by atoms with Crippen LogP contribution in [-0.2, 0) is 4.74 Å². The Hall–Kier alpha value is -0.0800. The third kappa shape index (κ3) is 2.60. The second-order valence-electron chi connectivity index (χ2n) is 6.23. The standard InChI is InChI=1S/C14H27NO/c1-11(2)4-3-7-14(10-15)8-9-16-13(14)12-5-6-12/h11-13H,3-10,15H2,1-2H3. The summed E-state index contributed by atoms with van der Waals surface area (Å²) in [6, 6.07) is 0. The molecule has 1 heterocycles. The molecule has 1 saturated carbocycles. The van der Waals surface area contributed by atoms with E-state index in [4.69, 9.17) is 10.5 Å². The summed E-state index contributed by atoms with van der Waals surface area (Å²) < 4.78 is 5.96. The van der Waals surface area contributed by atoms with Crippen molar-refractivity contribution in [3.8, 4) is 0 Å². The highest BCUT2D eigenvalue weighted by molar-refractivity contribution is 4.99. The lowest BCUT2D eigenvalue weighted by Crippen LogP contribution is -2.39. The molecule has 2 atom stereocenters. The van der Waals surface area contributed by atoms with E-state index in [2.05, 4.69) is 13.8 Å². The van der Waals surface area contributed by atoms with Gasteiger partial charge in [0.25, 0.3) is 0 Å². The molecular formula is C14H27NO. The van der Waals surface area contributed by atoms with E-state index < -0.39 is 0 Å². The van der Waals surface area contributed by atoms with Gasteiger partial charge in [-0.1, -0.05) is 26.7 Å². The molecule has 2 fully saturated rings. The third-order valence-electron chi connectivity index (χ3n) is 4.41. The first-order valence-corrected chi connectivity index (χ1v) is 6.99. The summed E-state index contributed by atoms with van der Waals surface area (Å²) in [5.41, 5.74) is 6.39. The second-order valence-corrected chi connectivity index (χ2v) is 6.23. The first-order valence-electron chi connectivity index (χ1n) is 6.99. The lowest BCUT2D eigenvalue weighted by Gasteiger charge is -2.33. The van der Waals surface area contributed by atoms with Gasteiger partial charge in [-0.2, -0.15) is 0 Å². The Morgan fingerprint density at radius 1 is 1.38 bits per heavy atom. The van der Waals surface area contributed by atoms with Crippen molar-refractivity contribution in [1.29, 1.82) is 0 Å². The van der Waals surface area contributed by atoms with E-state index in [1.54, 1.807) is 0 Å². The fourth-order valence-corrected chi connectivity index (χ4v) is 3.19. The zero-order chi connectivity index (χ0) is 11.6. The minimum Gasteiger partial charge on any atom is -0.377 e. The van der Waals surface area contributed by atoms with Crippen molar-refractivity contribution >= 4 is 0 Å². The molecule has 1 aliphatic carbocycles. The van der Waals surface area contributed by atoms with Crippen LogP contribution >= 0.6 is 0 Å². The predicted octanol–water partition coefficient (Wildman–Crippen LogP) is 2.96. The quantitative estimate of drug-likeness (QED) is 0.754. The topological polar surface area (TPSA) is 35.2 Å². The highest BCUT2D eigenvalue weighted by Crippen LogP contribution is 2.49. The van der Waals surface area contributed by atoms with Gasteiger partial charge in [0.15, 0.2) is 0 Å². The van der Waals surface area contributed by atoms with E-state index in [1.807, 2.05) is 0 Å². The molecule has 0 spiro atoms. The minimum atomic E-state index is 0.329. The van der Waals surface area contributed by atoms with Gasteiger partial charge >= 0.3 is 0 Å². The molecule has 2 heteroatoms. The van der Waals surface area contributed by atoms with Gasteiger partial charge in [0.05, 0.1) is 6.10 Å². The number of ether oxygens (including phenoxy) is 1. The monoisotopic (exact) mass is 225 g/mol. The second kappa shape index (κ2) is 5.05. The van der Waals surface area contributed by atoms with Crippen molar-refractivity contribution in [2.24, 2.45) is 23.0 Å². The zero-order valence-electron chi connectivity index (χ0n) is 10.9. The van der Waals surface area contributed by atoms with Crippen LogP contribution in [0.15, 0.2) is 0 Å². The molecule has 1 saturated heterocycles. The first-order chi connectivity index (χ1) is 7.68. The SMILES string of the molecule is CC(C)CCCC1(CN)CCOC1C1CC1. The van der Waals surface area contributed by atoms with Gasteiger partial charge in [0.1, 0.15) is 0 Å². The predicted molar refractivity (Wildman–Crippen MR) is 67.3 cm³/mol. The van der Waals surface area contributed by atoms with Crippen molar-refractivity contribution < 1.29 is 4.74 Å². The molecule has 16 heavy (non-hydrogen) atoms. The highest BCUT2D eigenvalue weighted by Gasteiger charge is 2.49. The molecule has 2 aliphatic rings. The molecule has 2 unspecified atom stereocenters. The van der Waals surface area contributed by atoms with Crippen molar-refractivity contribution in [3.63, 3.8) is 0 Å². The largest absolute Gasteiger partial charge is 0.377 e. The highest BCUT2D eigenvalue weighted by atomic mass is 16.5. The van der Waals surface area contributed by atoms with Gasteiger partial charge < -0.3 is 10.5 Å². The summed E-state index contributed by atoms with van der Waals surface area (Å²) in [5, 5.41) is 0. The van der Waals surface area contributed by atoms with E-state index in [0.29, 0.717) is 11.5 Å². The summed E-state index contributed by atoms with van der Waals surface area (Å²) in [6.07, 6.45) is 8.36. The average Bonchev–Trinajstić information content (AvgIpc) is 3.00. The molecule has 0 aromatic heterocycles. The fourth-order valence-electron chi connectivity index (χ4n) is 3.19. The van der Waals surface area contributed by atoms with Crippen LogP contribution in [0.1, 0.15) is 52.4 Å². The van der Waals surface area contributed by atoms with Crippen LogP contribution in [0.3, 0.4) is 0 Å². The van der Waals surface area contributed by atoms with E-state index in [9.17, 15) is 0 Å². The van der Waals surface area contributed by atoms with Gasteiger partial charge in [-0.25, -0.2) is 0 Å². The first kappa shape index (κ1) is 12.4. The molecule has 0 aromatic carbocycles. The Balaban J connectivity index is 1.89. The summed E-state index contributed by atoms with van der Waals surface area (Å²) >= 11 is 0. The number of rotatable bonds is 6. The van der Waals surface area contributed by atoms with E-state index >= 15 is 0 Å². The molecule has 0 aromatic rings. The van der Waals surface area contributed by atoms with Gasteiger partial charge in [-0.15, -0.1) is 0 Å². The van der Waals surface area contributed by atoms with E-state index in [1.165, 1.54) is 38.5 Å². The van der Waals surface area contributed by atoms with Crippen molar-refractivity contribution in [2.75, 3.05) is 13.2 Å². The van der Waals surface area contributed by atoms with Crippen LogP contribution in [-0.4, -0.2) is 19.3 Å². The normalized spacial score (nSPS) is 34.9. The van der Waals surface area contributed by atoms with Crippen molar-refractivity contribution in [2.45, 2.75) is 58.5 Å². The molecule has 0 radical (unpaired) electrons.